The Kier molecular flexibility index (Phi) is 6.90. The van der Waals surface area contributed by atoms with E-state index in [-0.39, 0.29) is 23.8 Å². The number of nitrogens with zero attached hydrogens (tertiary/aromatic N) is 1. The van der Waals surface area contributed by atoms with Crippen molar-refractivity contribution in [3.8, 4) is 0 Å². The third kappa shape index (κ3) is 5.36. The maximum Gasteiger partial charge on any atom is 0.265 e. The SMILES string of the molecule is CCN(c1ccc2sc(C(=O)Nc3ccc(CC(N)=O)cc3)cc2c1)S(=O)(=O)c1ccc(C)cc1. The van der Waals surface area contributed by atoms with E-state index in [1.165, 1.54) is 15.6 Å². The van der Waals surface area contributed by atoms with Crippen LogP contribution in [0.2, 0.25) is 0 Å². The molecule has 0 unspecified atom stereocenters. The van der Waals surface area contributed by atoms with Gasteiger partial charge in [0.1, 0.15) is 0 Å². The molecule has 9 heteroatoms. The highest BCUT2D eigenvalue weighted by molar-refractivity contribution is 7.92. The fourth-order valence-electron chi connectivity index (χ4n) is 3.73. The van der Waals surface area contributed by atoms with Crippen LogP contribution >= 0.6 is 11.3 Å². The van der Waals surface area contributed by atoms with Crippen molar-refractivity contribution in [1.82, 2.24) is 0 Å². The molecule has 0 saturated carbocycles. The van der Waals surface area contributed by atoms with Gasteiger partial charge in [-0.3, -0.25) is 13.9 Å². The number of fused-ring (bicyclic) bond motifs is 1. The largest absolute Gasteiger partial charge is 0.369 e. The number of nitrogens with one attached hydrogen (secondary N) is 1. The molecule has 0 aliphatic carbocycles. The molecule has 0 spiro atoms. The van der Waals surface area contributed by atoms with Gasteiger partial charge in [-0.25, -0.2) is 8.42 Å². The number of benzene rings is 3. The van der Waals surface area contributed by atoms with Crippen molar-refractivity contribution in [3.63, 3.8) is 0 Å². The summed E-state index contributed by atoms with van der Waals surface area (Å²) in [5.74, 6) is -0.685. The molecular formula is C26H25N3O4S2. The first kappa shape index (κ1) is 24.4. The second-order valence-corrected chi connectivity index (χ2v) is 11.1. The van der Waals surface area contributed by atoms with Gasteiger partial charge in [0.05, 0.1) is 21.9 Å². The van der Waals surface area contributed by atoms with E-state index in [9.17, 15) is 18.0 Å². The van der Waals surface area contributed by atoms with E-state index >= 15 is 0 Å². The van der Waals surface area contributed by atoms with Crippen LogP contribution in [0.3, 0.4) is 0 Å². The van der Waals surface area contributed by atoms with Crippen molar-refractivity contribution in [1.29, 1.82) is 0 Å². The van der Waals surface area contributed by atoms with Crippen LogP contribution < -0.4 is 15.4 Å². The van der Waals surface area contributed by atoms with E-state index in [4.69, 9.17) is 5.73 Å². The van der Waals surface area contributed by atoms with Crippen molar-refractivity contribution in [2.75, 3.05) is 16.2 Å². The Morgan fingerprint density at radius 3 is 2.29 bits per heavy atom. The lowest BCUT2D eigenvalue weighted by molar-refractivity contribution is -0.117. The predicted molar refractivity (Wildman–Crippen MR) is 141 cm³/mol. The van der Waals surface area contributed by atoms with Crippen LogP contribution in [-0.4, -0.2) is 26.8 Å². The lowest BCUT2D eigenvalue weighted by Crippen LogP contribution is -2.30. The van der Waals surface area contributed by atoms with Crippen LogP contribution in [0.15, 0.2) is 77.7 Å². The molecule has 0 radical (unpaired) electrons. The quantitative estimate of drug-likeness (QED) is 0.360. The Bertz CT molecular complexity index is 1490. The summed E-state index contributed by atoms with van der Waals surface area (Å²) in [5.41, 5.74) is 8.10. The fraction of sp³-hybridized carbons (Fsp3) is 0.154. The molecule has 7 nitrogen and oxygen atoms in total. The number of amides is 2. The Morgan fingerprint density at radius 2 is 1.66 bits per heavy atom. The van der Waals surface area contributed by atoms with Gasteiger partial charge in [-0.15, -0.1) is 11.3 Å². The number of hydrogen-bond acceptors (Lipinski definition) is 5. The van der Waals surface area contributed by atoms with E-state index in [1.54, 1.807) is 73.7 Å². The molecule has 3 aromatic carbocycles. The summed E-state index contributed by atoms with van der Waals surface area (Å²) in [6.45, 7) is 3.97. The minimum absolute atomic E-state index is 0.140. The summed E-state index contributed by atoms with van der Waals surface area (Å²) in [5, 5.41) is 3.63. The number of carbonyl (C=O) groups excluding carboxylic acids is 2. The van der Waals surface area contributed by atoms with Gasteiger partial charge in [0.25, 0.3) is 15.9 Å². The Labute approximate surface area is 208 Å². The van der Waals surface area contributed by atoms with Gasteiger partial charge in [-0.1, -0.05) is 29.8 Å². The summed E-state index contributed by atoms with van der Waals surface area (Å²) in [6.07, 6.45) is 0.140. The maximum atomic E-state index is 13.2. The number of aryl methyl sites for hydroxylation is 1. The number of hydrogen-bond donors (Lipinski definition) is 2. The zero-order valence-electron chi connectivity index (χ0n) is 19.3. The van der Waals surface area contributed by atoms with Gasteiger partial charge in [-0.2, -0.15) is 0 Å². The molecule has 0 bridgehead atoms. The van der Waals surface area contributed by atoms with Gasteiger partial charge in [-0.05, 0) is 73.3 Å². The van der Waals surface area contributed by atoms with E-state index in [2.05, 4.69) is 5.32 Å². The second-order valence-electron chi connectivity index (χ2n) is 8.11. The maximum absolute atomic E-state index is 13.2. The van der Waals surface area contributed by atoms with E-state index in [0.717, 1.165) is 21.2 Å². The number of rotatable bonds is 8. The highest BCUT2D eigenvalue weighted by atomic mass is 32.2. The summed E-state index contributed by atoms with van der Waals surface area (Å²) in [7, 11) is -3.72. The van der Waals surface area contributed by atoms with Crippen LogP contribution in [-0.2, 0) is 21.2 Å². The van der Waals surface area contributed by atoms with Crippen LogP contribution in [0.1, 0.15) is 27.7 Å². The molecule has 3 N–H and O–H groups in total. The summed E-state index contributed by atoms with van der Waals surface area (Å²) in [6, 6.07) is 20.8. The molecule has 180 valence electrons. The minimum Gasteiger partial charge on any atom is -0.369 e. The molecule has 1 aromatic heterocycles. The third-order valence-corrected chi connectivity index (χ3v) is 8.53. The monoisotopic (exact) mass is 507 g/mol. The molecule has 4 rings (SSSR count). The van der Waals surface area contributed by atoms with Gasteiger partial charge in [0, 0.05) is 16.9 Å². The molecule has 1 heterocycles. The molecule has 35 heavy (non-hydrogen) atoms. The average Bonchev–Trinajstić information content (AvgIpc) is 3.24. The first-order chi connectivity index (χ1) is 16.7. The van der Waals surface area contributed by atoms with Gasteiger partial charge in [0.2, 0.25) is 5.91 Å². The van der Waals surface area contributed by atoms with Crippen LogP contribution in [0.4, 0.5) is 11.4 Å². The lowest BCUT2D eigenvalue weighted by Gasteiger charge is -2.23. The van der Waals surface area contributed by atoms with E-state index in [0.29, 0.717) is 16.3 Å². The number of primary amides is 1. The molecule has 0 atom stereocenters. The van der Waals surface area contributed by atoms with Gasteiger partial charge < -0.3 is 11.1 Å². The van der Waals surface area contributed by atoms with E-state index in [1.807, 2.05) is 13.0 Å². The zero-order chi connectivity index (χ0) is 25.2. The Morgan fingerprint density at radius 1 is 0.971 bits per heavy atom. The number of thiophene rings is 1. The van der Waals surface area contributed by atoms with Crippen molar-refractivity contribution < 1.29 is 18.0 Å². The topological polar surface area (TPSA) is 110 Å². The predicted octanol–water partition coefficient (Wildman–Crippen LogP) is 4.71. The van der Waals surface area contributed by atoms with Crippen LogP contribution in [0.5, 0.6) is 0 Å². The standard InChI is InChI=1S/C26H25N3O4S2/c1-3-29(35(32,33)22-11-4-17(2)5-12-22)21-10-13-23-19(15-21)16-24(34-23)26(31)28-20-8-6-18(7-9-20)14-25(27)30/h4-13,15-16H,3,14H2,1-2H3,(H2,27,30)(H,28,31). The number of anilines is 2. The van der Waals surface area contributed by atoms with Crippen molar-refractivity contribution >= 4 is 54.6 Å². The number of sulfonamides is 1. The van der Waals surface area contributed by atoms with E-state index < -0.39 is 15.9 Å². The Balaban J connectivity index is 1.57. The molecule has 0 aliphatic rings. The third-order valence-electron chi connectivity index (χ3n) is 5.50. The van der Waals surface area contributed by atoms with Gasteiger partial charge >= 0.3 is 0 Å². The highest BCUT2D eigenvalue weighted by Crippen LogP contribution is 2.32. The summed E-state index contributed by atoms with van der Waals surface area (Å²) < 4.78 is 28.7. The van der Waals surface area contributed by atoms with Gasteiger partial charge in [0.15, 0.2) is 0 Å². The normalized spacial score (nSPS) is 11.4. The van der Waals surface area contributed by atoms with Crippen molar-refractivity contribution in [2.24, 2.45) is 5.73 Å². The van der Waals surface area contributed by atoms with Crippen LogP contribution in [0, 0.1) is 6.92 Å². The minimum atomic E-state index is -3.72. The number of carbonyl (C=O) groups is 2. The first-order valence-electron chi connectivity index (χ1n) is 11.0. The molecular weight excluding hydrogens is 482 g/mol. The molecule has 2 amide bonds. The average molecular weight is 508 g/mol. The Hall–Kier alpha value is -3.69. The lowest BCUT2D eigenvalue weighted by atomic mass is 10.1. The molecule has 0 fully saturated rings. The summed E-state index contributed by atoms with van der Waals surface area (Å²) in [4.78, 5) is 24.6. The molecule has 0 saturated heterocycles. The second kappa shape index (κ2) is 9.89. The fourth-order valence-corrected chi connectivity index (χ4v) is 6.13. The van der Waals surface area contributed by atoms with Crippen LogP contribution in [0.25, 0.3) is 10.1 Å². The molecule has 4 aromatic rings. The smallest absolute Gasteiger partial charge is 0.265 e. The molecule has 0 aliphatic heterocycles. The highest BCUT2D eigenvalue weighted by Gasteiger charge is 2.24. The van der Waals surface area contributed by atoms with Crippen molar-refractivity contribution in [2.45, 2.75) is 25.2 Å². The zero-order valence-corrected chi connectivity index (χ0v) is 20.9. The number of nitrogens with two attached hydrogens (primary N) is 1. The summed E-state index contributed by atoms with van der Waals surface area (Å²) >= 11 is 1.33. The van der Waals surface area contributed by atoms with Crippen molar-refractivity contribution in [3.05, 3.63) is 88.8 Å². The first-order valence-corrected chi connectivity index (χ1v) is 13.2.